The van der Waals surface area contributed by atoms with E-state index >= 15 is 0 Å². The van der Waals surface area contributed by atoms with Gasteiger partial charge in [-0.05, 0) is 0 Å². The van der Waals surface area contributed by atoms with Crippen LogP contribution in [0.2, 0.25) is 0 Å². The van der Waals surface area contributed by atoms with Crippen molar-refractivity contribution >= 4 is 21.5 Å². The van der Waals surface area contributed by atoms with E-state index in [9.17, 15) is 0 Å². The molecule has 0 aliphatic heterocycles. The largest absolute Gasteiger partial charge is 1.00 e. The van der Waals surface area contributed by atoms with E-state index in [0.717, 1.165) is 0 Å². The molecule has 0 aromatic heterocycles. The van der Waals surface area contributed by atoms with Gasteiger partial charge >= 0.3 is 590 Å². The predicted octanol–water partition coefficient (Wildman–Crippen LogP) is 15.3. The van der Waals surface area contributed by atoms with E-state index < -0.39 is 24.3 Å². The zero-order valence-electron chi connectivity index (χ0n) is 66.4. The quantitative estimate of drug-likeness (QED) is 0.0894. The summed E-state index contributed by atoms with van der Waals surface area (Å²) >= 11 is -1.17. The average molecular weight is 1410 g/mol. The molecule has 1 unspecified atom stereocenters. The number of hydrogen-bond acceptors (Lipinski definition) is 0. The second-order valence-electron chi connectivity index (χ2n) is 30.3. The van der Waals surface area contributed by atoms with Crippen LogP contribution in [-0.4, -0.2) is 5.94 Å². The Balaban J connectivity index is 0.00000451. The number of rotatable bonds is 11. The Morgan fingerprint density at radius 1 is 0.204 bits per heavy atom. The van der Waals surface area contributed by atoms with E-state index in [-0.39, 0.29) is 37.2 Å². The maximum atomic E-state index is 2.81. The molecule has 1 atom stereocenters. The summed E-state index contributed by atoms with van der Waals surface area (Å²) in [6.07, 6.45) is 0. The van der Waals surface area contributed by atoms with E-state index in [1.54, 1.807) is 3.88 Å². The minimum absolute atomic E-state index is 0. The van der Waals surface area contributed by atoms with Gasteiger partial charge in [-0.15, -0.1) is 0 Å². The van der Waals surface area contributed by atoms with E-state index in [2.05, 4.69) is 290 Å². The van der Waals surface area contributed by atoms with Crippen molar-refractivity contribution in [1.29, 1.82) is 0 Å². The molecule has 98 heavy (non-hydrogen) atoms. The topological polar surface area (TPSA) is 0 Å². The summed E-state index contributed by atoms with van der Waals surface area (Å²) in [5, 5.41) is 4.54. The average Bonchev–Trinajstić information content (AvgIpc) is 0.918. The molecule has 9 aromatic rings. The fourth-order valence-electron chi connectivity index (χ4n) is 17.5. The normalized spacial score (nSPS) is 13.2. The molecule has 0 amide bonds. The van der Waals surface area contributed by atoms with Crippen LogP contribution in [0, 0.1) is 214 Å². The van der Waals surface area contributed by atoms with Crippen molar-refractivity contribution in [2.45, 2.75) is 235 Å². The van der Waals surface area contributed by atoms with Gasteiger partial charge in [0.2, 0.25) is 0 Å². The monoisotopic (exact) mass is 1410 g/mol. The smallest absolute Gasteiger partial charge is 1.00 e. The molecule has 0 saturated carbocycles. The van der Waals surface area contributed by atoms with Crippen LogP contribution in [0.5, 0.6) is 0 Å². The van der Waals surface area contributed by atoms with Crippen molar-refractivity contribution in [3.63, 3.8) is 0 Å². The SMILES string of the molecule is CC1=C(C)C(C)[C]([Ti-2][Si](c2cc(-c3c(C)c(C)c(C)c(C)c3C)cc(-c3c(C)c(C)c(C)c(C)c3C)c2)(c2cc(-c3c(C)c(C)c(C)c(C)c3C)cc(-c3c(C)c(C)c(C)c(C)c3C)c2)c2cc(-c3c(C)c(C)c(C)c(C)c3C)cc(-c3c(C)c(C)c(C)c(C)c3C)c2)=C1C.[Cl-].[Cl-].[Cl-]. The summed E-state index contributed by atoms with van der Waals surface area (Å²) in [5.41, 5.74) is 62.5. The van der Waals surface area contributed by atoms with Gasteiger partial charge in [0.05, 0.1) is 0 Å². The van der Waals surface area contributed by atoms with Crippen LogP contribution in [0.25, 0.3) is 66.8 Å². The van der Waals surface area contributed by atoms with Crippen LogP contribution < -0.4 is 52.8 Å². The molecule has 1 aliphatic rings. The second-order valence-corrected chi connectivity index (χ2v) is 39.3. The van der Waals surface area contributed by atoms with Gasteiger partial charge < -0.3 is 37.2 Å². The summed E-state index contributed by atoms with van der Waals surface area (Å²) in [6.45, 7) is 81.5. The zero-order valence-corrected chi connectivity index (χ0v) is 71.2. The minimum atomic E-state index is -3.51. The Morgan fingerprint density at radius 2 is 0.347 bits per heavy atom. The minimum Gasteiger partial charge on any atom is -1.00 e. The Bertz CT molecular complexity index is 4050. The van der Waals surface area contributed by atoms with Crippen LogP contribution in [-0.2, 0) is 18.4 Å². The third-order valence-electron chi connectivity index (χ3n) is 26.8. The molecular formula is C93H112Cl3SiTi-5. The molecule has 0 spiro atoms. The van der Waals surface area contributed by atoms with Gasteiger partial charge in [0, 0.05) is 0 Å². The summed E-state index contributed by atoms with van der Waals surface area (Å²) in [5.74, 6) is -3.20. The van der Waals surface area contributed by atoms with Gasteiger partial charge in [0.15, 0.2) is 0 Å². The first-order valence-corrected chi connectivity index (χ1v) is 40.5. The first kappa shape index (κ1) is 79.6. The van der Waals surface area contributed by atoms with Gasteiger partial charge in [0.25, 0.3) is 0 Å². The Hall–Kier alpha value is -5.74. The van der Waals surface area contributed by atoms with Crippen molar-refractivity contribution in [1.82, 2.24) is 0 Å². The third-order valence-corrected chi connectivity index (χ3v) is 39.2. The van der Waals surface area contributed by atoms with Crippen LogP contribution in [0.4, 0.5) is 0 Å². The van der Waals surface area contributed by atoms with E-state index in [1.165, 1.54) is 266 Å². The molecule has 0 bridgehead atoms. The molecule has 0 radical (unpaired) electrons. The van der Waals surface area contributed by atoms with Crippen molar-refractivity contribution in [3.8, 4) is 66.8 Å². The molecule has 0 heterocycles. The Morgan fingerprint density at radius 3 is 0.480 bits per heavy atom. The van der Waals surface area contributed by atoms with Crippen molar-refractivity contribution in [2.75, 3.05) is 0 Å². The van der Waals surface area contributed by atoms with E-state index in [0.29, 0.717) is 5.92 Å². The fourth-order valence-corrected chi connectivity index (χ4v) is 30.4. The molecule has 518 valence electrons. The van der Waals surface area contributed by atoms with Gasteiger partial charge in [-0.25, -0.2) is 0 Å². The van der Waals surface area contributed by atoms with E-state index in [4.69, 9.17) is 0 Å². The Kier molecular flexibility index (Phi) is 23.5. The number of benzene rings is 9. The van der Waals surface area contributed by atoms with Gasteiger partial charge in [-0.2, -0.15) is 0 Å². The molecule has 1 aliphatic carbocycles. The van der Waals surface area contributed by atoms with Crippen molar-refractivity contribution in [2.24, 2.45) is 5.92 Å². The van der Waals surface area contributed by atoms with Gasteiger partial charge in [-0.3, -0.25) is 0 Å². The molecule has 0 nitrogen and oxygen atoms in total. The molecule has 9 aromatic carbocycles. The first-order valence-electron chi connectivity index (χ1n) is 35.4. The predicted molar refractivity (Wildman–Crippen MR) is 419 cm³/mol. The van der Waals surface area contributed by atoms with Crippen molar-refractivity contribution in [3.05, 3.63) is 242 Å². The zero-order chi connectivity index (χ0) is 70.4. The standard InChI is InChI=1S/C84H99Si.C9H13.3ClH.Ti/c1-40-46(7)58(19)79(59(20)47(40)8)70-31-71(80-60(21)48(9)41(2)49(10)61(80)22)35-76(34-70)85(77-36-72(81-62(23)50(11)42(3)51(12)63(81)24)32-73(37-77)82-64(25)52(13)43(4)53(14)65(82)26)78-38-74(83-66(27)54(15)44(5)55(16)67(83)28)33-75(39-78)84-68(29)56(17)45(6)57(18)69(84)30;1-6-5-7(2)9(4)8(6)3;;;;/h31-39H,1-30H3;6H,1-4H3;3*1H;/q;;;;;-2/p-3. The van der Waals surface area contributed by atoms with Gasteiger partial charge in [0.1, 0.15) is 0 Å². The van der Waals surface area contributed by atoms with Crippen molar-refractivity contribution < 1.29 is 55.6 Å². The molecule has 0 fully saturated rings. The number of halogens is 3. The van der Waals surface area contributed by atoms with Gasteiger partial charge in [-0.1, -0.05) is 0 Å². The summed E-state index contributed by atoms with van der Waals surface area (Å²) < 4.78 is 1.70. The van der Waals surface area contributed by atoms with Crippen LogP contribution in [0.3, 0.4) is 0 Å². The molecular weight excluding hydrogens is 1300 g/mol. The third kappa shape index (κ3) is 12.4. The summed E-state index contributed by atoms with van der Waals surface area (Å²) in [7, 11) is 0. The molecule has 10 rings (SSSR count). The van der Waals surface area contributed by atoms with Crippen LogP contribution in [0.1, 0.15) is 195 Å². The summed E-state index contributed by atoms with van der Waals surface area (Å²) in [4.78, 5) is 0. The first-order chi connectivity index (χ1) is 44.3. The maximum Gasteiger partial charge on any atom is -1.00 e. The molecule has 0 N–H and O–H groups in total. The maximum absolute atomic E-state index is 3.51. The molecule has 0 saturated heterocycles. The van der Waals surface area contributed by atoms with Crippen LogP contribution in [0.15, 0.2) is 75.2 Å². The number of hydrogen-bond donors (Lipinski definition) is 0. The fraction of sp³-hybridized carbons (Fsp3) is 0.376. The van der Waals surface area contributed by atoms with Crippen LogP contribution >= 0.6 is 0 Å². The number of allylic oxidation sites excluding steroid dienone is 4. The summed E-state index contributed by atoms with van der Waals surface area (Å²) in [6, 6.07) is 24.8. The Labute approximate surface area is 622 Å². The second kappa shape index (κ2) is 28.9. The molecule has 5 heteroatoms. The van der Waals surface area contributed by atoms with E-state index in [1.807, 2.05) is 0 Å².